The largest absolute Gasteiger partial charge is 0.335 e. The second-order valence-corrected chi connectivity index (χ2v) is 5.03. The van der Waals surface area contributed by atoms with Gasteiger partial charge in [0.15, 0.2) is 0 Å². The molecule has 2 nitrogen and oxygen atoms in total. The maximum atomic E-state index is 12.1. The van der Waals surface area contributed by atoms with E-state index in [0.29, 0.717) is 13.1 Å². The Kier molecular flexibility index (Phi) is 4.99. The van der Waals surface area contributed by atoms with Crippen LogP contribution in [0.3, 0.4) is 0 Å². The molecule has 0 aliphatic heterocycles. The zero-order valence-corrected chi connectivity index (χ0v) is 11.8. The Morgan fingerprint density at radius 3 is 2.69 bits per heavy atom. The van der Waals surface area contributed by atoms with Gasteiger partial charge in [0, 0.05) is 22.2 Å². The Labute approximate surface area is 110 Å². The predicted molar refractivity (Wildman–Crippen MR) is 75.6 cm³/mol. The number of carbonyl (C=O) groups is 1. The summed E-state index contributed by atoms with van der Waals surface area (Å²) >= 11 is 2.21. The molecule has 1 aromatic rings. The van der Waals surface area contributed by atoms with Gasteiger partial charge in [0.2, 0.25) is 0 Å². The molecule has 16 heavy (non-hydrogen) atoms. The van der Waals surface area contributed by atoms with Crippen molar-refractivity contribution in [2.75, 3.05) is 13.1 Å². The third kappa shape index (κ3) is 3.63. The van der Waals surface area contributed by atoms with Crippen molar-refractivity contribution in [3.63, 3.8) is 0 Å². The van der Waals surface area contributed by atoms with Crippen LogP contribution in [0.1, 0.15) is 24.2 Å². The molecule has 0 unspecified atom stereocenters. The van der Waals surface area contributed by atoms with Crippen molar-refractivity contribution in [1.82, 2.24) is 4.90 Å². The molecule has 0 saturated heterocycles. The van der Waals surface area contributed by atoms with Crippen LogP contribution < -0.4 is 0 Å². The van der Waals surface area contributed by atoms with Crippen LogP contribution in [-0.4, -0.2) is 23.9 Å². The molecule has 0 bridgehead atoms. The highest BCUT2D eigenvalue weighted by Gasteiger charge is 2.13. The van der Waals surface area contributed by atoms with Gasteiger partial charge in [-0.25, -0.2) is 0 Å². The van der Waals surface area contributed by atoms with Gasteiger partial charge >= 0.3 is 0 Å². The third-order valence-electron chi connectivity index (χ3n) is 2.20. The zero-order chi connectivity index (χ0) is 12.1. The third-order valence-corrected chi connectivity index (χ3v) is 2.87. The average Bonchev–Trinajstić information content (AvgIpc) is 2.24. The van der Waals surface area contributed by atoms with E-state index in [9.17, 15) is 4.79 Å². The van der Waals surface area contributed by atoms with Gasteiger partial charge in [-0.3, -0.25) is 4.79 Å². The standard InChI is InChI=1S/C13H16INO/c1-4-15(9-10(2)3)13(16)11-6-5-7-12(14)8-11/h5-8H,2,4,9H2,1,3H3. The van der Waals surface area contributed by atoms with Gasteiger partial charge in [0.05, 0.1) is 0 Å². The zero-order valence-electron chi connectivity index (χ0n) is 9.66. The van der Waals surface area contributed by atoms with Crippen molar-refractivity contribution < 1.29 is 4.79 Å². The Hall–Kier alpha value is -0.840. The number of benzene rings is 1. The van der Waals surface area contributed by atoms with Gasteiger partial charge in [-0.05, 0) is 54.6 Å². The normalized spacial score (nSPS) is 9.94. The molecule has 0 atom stereocenters. The first kappa shape index (κ1) is 13.2. The van der Waals surface area contributed by atoms with Crippen LogP contribution in [0.2, 0.25) is 0 Å². The summed E-state index contributed by atoms with van der Waals surface area (Å²) < 4.78 is 1.08. The summed E-state index contributed by atoms with van der Waals surface area (Å²) in [6.07, 6.45) is 0. The lowest BCUT2D eigenvalue weighted by atomic mass is 10.2. The fraction of sp³-hybridized carbons (Fsp3) is 0.308. The molecule has 86 valence electrons. The minimum absolute atomic E-state index is 0.0732. The van der Waals surface area contributed by atoms with E-state index < -0.39 is 0 Å². The van der Waals surface area contributed by atoms with Gasteiger partial charge in [-0.2, -0.15) is 0 Å². The van der Waals surface area contributed by atoms with E-state index in [-0.39, 0.29) is 5.91 Å². The van der Waals surface area contributed by atoms with E-state index in [1.54, 1.807) is 4.90 Å². The molecule has 0 radical (unpaired) electrons. The molecule has 1 amide bonds. The second-order valence-electron chi connectivity index (χ2n) is 3.79. The number of halogens is 1. The van der Waals surface area contributed by atoms with Gasteiger partial charge in [-0.1, -0.05) is 18.2 Å². The molecule has 0 fully saturated rings. The minimum Gasteiger partial charge on any atom is -0.335 e. The van der Waals surface area contributed by atoms with E-state index in [1.165, 1.54) is 0 Å². The van der Waals surface area contributed by atoms with Crippen LogP contribution >= 0.6 is 22.6 Å². The number of carbonyl (C=O) groups excluding carboxylic acids is 1. The number of amides is 1. The molecule has 0 aromatic heterocycles. The second kappa shape index (κ2) is 6.03. The lowest BCUT2D eigenvalue weighted by Crippen LogP contribution is -2.32. The lowest BCUT2D eigenvalue weighted by molar-refractivity contribution is 0.0778. The summed E-state index contributed by atoms with van der Waals surface area (Å²) in [5.41, 5.74) is 1.75. The highest BCUT2D eigenvalue weighted by molar-refractivity contribution is 14.1. The summed E-state index contributed by atoms with van der Waals surface area (Å²) in [4.78, 5) is 13.9. The molecule has 0 heterocycles. The van der Waals surface area contributed by atoms with Crippen molar-refractivity contribution in [1.29, 1.82) is 0 Å². The quantitative estimate of drug-likeness (QED) is 0.613. The Balaban J connectivity index is 2.86. The summed E-state index contributed by atoms with van der Waals surface area (Å²) in [6.45, 7) is 9.09. The molecule has 0 aliphatic carbocycles. The maximum Gasteiger partial charge on any atom is 0.254 e. The van der Waals surface area contributed by atoms with Crippen LogP contribution in [0.15, 0.2) is 36.4 Å². The van der Waals surface area contributed by atoms with Crippen molar-refractivity contribution in [2.45, 2.75) is 13.8 Å². The molecular formula is C13H16INO. The van der Waals surface area contributed by atoms with E-state index in [1.807, 2.05) is 38.1 Å². The van der Waals surface area contributed by atoms with Gasteiger partial charge < -0.3 is 4.90 Å². The summed E-state index contributed by atoms with van der Waals surface area (Å²) in [6, 6.07) is 7.64. The molecule has 1 rings (SSSR count). The Bertz CT molecular complexity index is 401. The molecule has 3 heteroatoms. The van der Waals surface area contributed by atoms with E-state index in [0.717, 1.165) is 14.7 Å². The van der Waals surface area contributed by atoms with Gasteiger partial charge in [0.1, 0.15) is 0 Å². The van der Waals surface area contributed by atoms with Crippen molar-refractivity contribution >= 4 is 28.5 Å². The van der Waals surface area contributed by atoms with Crippen LogP contribution in [0.25, 0.3) is 0 Å². The van der Waals surface area contributed by atoms with Crippen molar-refractivity contribution in [2.24, 2.45) is 0 Å². The van der Waals surface area contributed by atoms with Crippen molar-refractivity contribution in [3.8, 4) is 0 Å². The highest BCUT2D eigenvalue weighted by atomic mass is 127. The monoisotopic (exact) mass is 329 g/mol. The topological polar surface area (TPSA) is 20.3 Å². The highest BCUT2D eigenvalue weighted by Crippen LogP contribution is 2.11. The lowest BCUT2D eigenvalue weighted by Gasteiger charge is -2.21. The average molecular weight is 329 g/mol. The van der Waals surface area contributed by atoms with Crippen LogP contribution in [0.4, 0.5) is 0 Å². The molecular weight excluding hydrogens is 313 g/mol. The first-order valence-corrected chi connectivity index (χ1v) is 6.31. The Morgan fingerprint density at radius 2 is 2.19 bits per heavy atom. The fourth-order valence-corrected chi connectivity index (χ4v) is 2.00. The molecule has 0 aliphatic rings. The number of nitrogens with zero attached hydrogens (tertiary/aromatic N) is 1. The fourth-order valence-electron chi connectivity index (χ4n) is 1.46. The van der Waals surface area contributed by atoms with Gasteiger partial charge in [-0.15, -0.1) is 0 Å². The molecule has 1 aromatic carbocycles. The van der Waals surface area contributed by atoms with Gasteiger partial charge in [0.25, 0.3) is 5.91 Å². The first-order valence-electron chi connectivity index (χ1n) is 5.23. The smallest absolute Gasteiger partial charge is 0.254 e. The van der Waals surface area contributed by atoms with Crippen LogP contribution in [0, 0.1) is 3.57 Å². The SMILES string of the molecule is C=C(C)CN(CC)C(=O)c1cccc(I)c1. The van der Waals surface area contributed by atoms with Crippen LogP contribution in [-0.2, 0) is 0 Å². The number of hydrogen-bond acceptors (Lipinski definition) is 1. The molecule has 0 saturated carbocycles. The molecule has 0 spiro atoms. The molecule has 0 N–H and O–H groups in total. The summed E-state index contributed by atoms with van der Waals surface area (Å²) in [7, 11) is 0. The van der Waals surface area contributed by atoms with Crippen LogP contribution in [0.5, 0.6) is 0 Å². The maximum absolute atomic E-state index is 12.1. The van der Waals surface area contributed by atoms with E-state index in [2.05, 4.69) is 29.2 Å². The predicted octanol–water partition coefficient (Wildman–Crippen LogP) is 3.33. The minimum atomic E-state index is 0.0732. The van der Waals surface area contributed by atoms with E-state index >= 15 is 0 Å². The number of rotatable bonds is 4. The number of likely N-dealkylation sites (N-methyl/N-ethyl adjacent to an activating group) is 1. The van der Waals surface area contributed by atoms with E-state index in [4.69, 9.17) is 0 Å². The summed E-state index contributed by atoms with van der Waals surface area (Å²) in [5.74, 6) is 0.0732. The Morgan fingerprint density at radius 1 is 1.50 bits per heavy atom. The summed E-state index contributed by atoms with van der Waals surface area (Å²) in [5, 5.41) is 0. The number of hydrogen-bond donors (Lipinski definition) is 0. The van der Waals surface area contributed by atoms with Crippen molar-refractivity contribution in [3.05, 3.63) is 45.6 Å². The first-order chi connectivity index (χ1) is 7.54.